The van der Waals surface area contributed by atoms with E-state index in [1.54, 1.807) is 0 Å². The summed E-state index contributed by atoms with van der Waals surface area (Å²) in [5.74, 6) is 0.519. The average molecular weight is 253 g/mol. The molecule has 3 rings (SSSR count). The maximum Gasteiger partial charge on any atom is 0.0519 e. The Bertz CT molecular complexity index is 727. The Morgan fingerprint density at radius 1 is 1.21 bits per heavy atom. The van der Waals surface area contributed by atoms with E-state index in [2.05, 4.69) is 47.8 Å². The molecule has 2 heterocycles. The summed E-state index contributed by atoms with van der Waals surface area (Å²) in [7, 11) is 2.10. The summed E-state index contributed by atoms with van der Waals surface area (Å²) in [6.07, 6.45) is 4.83. The molecule has 19 heavy (non-hydrogen) atoms. The van der Waals surface area contributed by atoms with E-state index in [1.807, 2.05) is 12.4 Å². The lowest BCUT2D eigenvalue weighted by Gasteiger charge is -2.08. The molecule has 2 N–H and O–H groups in total. The Balaban J connectivity index is 2.19. The van der Waals surface area contributed by atoms with Gasteiger partial charge in [0.2, 0.25) is 0 Å². The van der Waals surface area contributed by atoms with Gasteiger partial charge in [0.1, 0.15) is 0 Å². The Labute approximate surface area is 113 Å². The largest absolute Gasteiger partial charge is 0.344 e. The van der Waals surface area contributed by atoms with Gasteiger partial charge in [-0.05, 0) is 42.6 Å². The first kappa shape index (κ1) is 12.2. The number of rotatable bonds is 3. The van der Waals surface area contributed by atoms with Crippen LogP contribution in [0.1, 0.15) is 12.5 Å². The van der Waals surface area contributed by atoms with Gasteiger partial charge in [0.25, 0.3) is 0 Å². The fraction of sp³-hybridized carbons (Fsp3) is 0.312. The van der Waals surface area contributed by atoms with Gasteiger partial charge in [0.15, 0.2) is 0 Å². The lowest BCUT2D eigenvalue weighted by atomic mass is 10.00. The molecule has 1 aromatic carbocycles. The summed E-state index contributed by atoms with van der Waals surface area (Å²) in [4.78, 5) is 4.25. The summed E-state index contributed by atoms with van der Waals surface area (Å²) in [6, 6.07) is 8.76. The molecule has 3 aromatic rings. The summed E-state index contributed by atoms with van der Waals surface area (Å²) in [5.41, 5.74) is 9.55. The topological polar surface area (TPSA) is 43.8 Å². The molecule has 0 aliphatic rings. The van der Waals surface area contributed by atoms with E-state index in [0.29, 0.717) is 5.92 Å². The molecule has 0 saturated carbocycles. The number of hydrogen-bond donors (Lipinski definition) is 1. The molecule has 0 radical (unpaired) electrons. The van der Waals surface area contributed by atoms with E-state index in [-0.39, 0.29) is 0 Å². The van der Waals surface area contributed by atoms with Crippen molar-refractivity contribution >= 4 is 21.8 Å². The smallest absolute Gasteiger partial charge is 0.0519 e. The first-order chi connectivity index (χ1) is 9.20. The maximum atomic E-state index is 5.71. The highest BCUT2D eigenvalue weighted by atomic mass is 14.9. The quantitative estimate of drug-likeness (QED) is 0.780. The Kier molecular flexibility index (Phi) is 2.99. The van der Waals surface area contributed by atoms with Crippen molar-refractivity contribution in [2.75, 3.05) is 6.54 Å². The van der Waals surface area contributed by atoms with Crippen LogP contribution in [0.15, 0.2) is 36.7 Å². The second-order valence-corrected chi connectivity index (χ2v) is 5.35. The molecular formula is C16H19N3. The van der Waals surface area contributed by atoms with Crippen LogP contribution in [0.2, 0.25) is 0 Å². The van der Waals surface area contributed by atoms with Crippen LogP contribution in [0.4, 0.5) is 0 Å². The molecule has 0 aliphatic carbocycles. The minimum atomic E-state index is 0.519. The van der Waals surface area contributed by atoms with E-state index < -0.39 is 0 Å². The van der Waals surface area contributed by atoms with Crippen LogP contribution in [0, 0.1) is 5.92 Å². The number of aromatic nitrogens is 2. The third-order valence-electron chi connectivity index (χ3n) is 3.86. The molecular weight excluding hydrogens is 234 g/mol. The van der Waals surface area contributed by atoms with E-state index in [0.717, 1.165) is 13.0 Å². The molecule has 0 spiro atoms. The monoisotopic (exact) mass is 253 g/mol. The number of aryl methyl sites for hydroxylation is 1. The van der Waals surface area contributed by atoms with Crippen molar-refractivity contribution in [2.45, 2.75) is 13.3 Å². The zero-order chi connectivity index (χ0) is 13.4. The molecule has 3 heteroatoms. The van der Waals surface area contributed by atoms with Crippen LogP contribution in [0.5, 0.6) is 0 Å². The van der Waals surface area contributed by atoms with Crippen molar-refractivity contribution in [3.8, 4) is 0 Å². The van der Waals surface area contributed by atoms with Gasteiger partial charge >= 0.3 is 0 Å². The lowest BCUT2D eigenvalue weighted by Crippen LogP contribution is -2.12. The van der Waals surface area contributed by atoms with Gasteiger partial charge in [0.05, 0.1) is 5.52 Å². The molecule has 1 unspecified atom stereocenters. The predicted molar refractivity (Wildman–Crippen MR) is 80.1 cm³/mol. The van der Waals surface area contributed by atoms with Crippen molar-refractivity contribution < 1.29 is 0 Å². The molecule has 0 fully saturated rings. The average Bonchev–Trinajstić information content (AvgIpc) is 2.73. The van der Waals surface area contributed by atoms with Crippen LogP contribution in [-0.4, -0.2) is 16.1 Å². The first-order valence-electron chi connectivity index (χ1n) is 6.72. The Morgan fingerprint density at radius 3 is 2.79 bits per heavy atom. The van der Waals surface area contributed by atoms with Crippen molar-refractivity contribution in [3.05, 3.63) is 42.2 Å². The zero-order valence-electron chi connectivity index (χ0n) is 11.4. The van der Waals surface area contributed by atoms with Gasteiger partial charge in [-0.2, -0.15) is 0 Å². The van der Waals surface area contributed by atoms with Crippen LogP contribution < -0.4 is 5.73 Å². The molecule has 0 amide bonds. The third kappa shape index (κ3) is 2.00. The minimum Gasteiger partial charge on any atom is -0.344 e. The molecule has 1 atom stereocenters. The van der Waals surface area contributed by atoms with Crippen LogP contribution in [0.25, 0.3) is 21.8 Å². The zero-order valence-corrected chi connectivity index (χ0v) is 11.4. The summed E-state index contributed by atoms with van der Waals surface area (Å²) >= 11 is 0. The summed E-state index contributed by atoms with van der Waals surface area (Å²) < 4.78 is 2.22. The van der Waals surface area contributed by atoms with Gasteiger partial charge in [0, 0.05) is 35.7 Å². The summed E-state index contributed by atoms with van der Waals surface area (Å²) in [5, 5.41) is 2.51. The highest BCUT2D eigenvalue weighted by Gasteiger charge is 2.09. The Hall–Kier alpha value is -1.87. The highest BCUT2D eigenvalue weighted by molar-refractivity contribution is 6.07. The Morgan fingerprint density at radius 2 is 2.00 bits per heavy atom. The second-order valence-electron chi connectivity index (χ2n) is 5.35. The fourth-order valence-corrected chi connectivity index (χ4v) is 2.72. The lowest BCUT2D eigenvalue weighted by molar-refractivity contribution is 0.593. The molecule has 0 aliphatic heterocycles. The van der Waals surface area contributed by atoms with Gasteiger partial charge < -0.3 is 10.3 Å². The van der Waals surface area contributed by atoms with Crippen molar-refractivity contribution in [2.24, 2.45) is 18.7 Å². The number of fused-ring (bicyclic) bond motifs is 3. The third-order valence-corrected chi connectivity index (χ3v) is 3.86. The predicted octanol–water partition coefficient (Wildman–Crippen LogP) is 2.86. The number of pyridine rings is 1. The van der Waals surface area contributed by atoms with Crippen molar-refractivity contribution in [1.29, 1.82) is 0 Å². The van der Waals surface area contributed by atoms with Gasteiger partial charge in [-0.1, -0.05) is 13.0 Å². The number of hydrogen-bond acceptors (Lipinski definition) is 2. The van der Waals surface area contributed by atoms with E-state index in [9.17, 15) is 0 Å². The molecule has 0 saturated heterocycles. The SMILES string of the molecule is CC(CN)Cc1ccc2c(c1)c1cnccc1n2C. The fourth-order valence-electron chi connectivity index (χ4n) is 2.72. The van der Waals surface area contributed by atoms with Crippen molar-refractivity contribution in [1.82, 2.24) is 9.55 Å². The van der Waals surface area contributed by atoms with E-state index >= 15 is 0 Å². The van der Waals surface area contributed by atoms with Crippen molar-refractivity contribution in [3.63, 3.8) is 0 Å². The maximum absolute atomic E-state index is 5.71. The second kappa shape index (κ2) is 4.67. The van der Waals surface area contributed by atoms with Gasteiger partial charge in [-0.3, -0.25) is 4.98 Å². The van der Waals surface area contributed by atoms with E-state index in [4.69, 9.17) is 5.73 Å². The number of nitrogens with two attached hydrogens (primary N) is 1. The van der Waals surface area contributed by atoms with Crippen LogP contribution >= 0.6 is 0 Å². The molecule has 0 bridgehead atoms. The number of nitrogens with zero attached hydrogens (tertiary/aromatic N) is 2. The molecule has 2 aromatic heterocycles. The number of benzene rings is 1. The van der Waals surface area contributed by atoms with Crippen LogP contribution in [-0.2, 0) is 13.5 Å². The van der Waals surface area contributed by atoms with E-state index in [1.165, 1.54) is 27.4 Å². The molecule has 98 valence electrons. The minimum absolute atomic E-state index is 0.519. The first-order valence-corrected chi connectivity index (χ1v) is 6.72. The van der Waals surface area contributed by atoms with Crippen LogP contribution in [0.3, 0.4) is 0 Å². The highest BCUT2D eigenvalue weighted by Crippen LogP contribution is 2.28. The standard InChI is InChI=1S/C16H19N3/c1-11(9-17)7-12-3-4-15-13(8-12)14-10-18-6-5-16(14)19(15)2/h3-6,8,10-11H,7,9,17H2,1-2H3. The van der Waals surface area contributed by atoms with Gasteiger partial charge in [-0.25, -0.2) is 0 Å². The summed E-state index contributed by atoms with van der Waals surface area (Å²) in [6.45, 7) is 2.92. The molecule has 3 nitrogen and oxygen atoms in total. The van der Waals surface area contributed by atoms with Gasteiger partial charge in [-0.15, -0.1) is 0 Å². The normalized spacial score (nSPS) is 13.2.